The zero-order valence-electron chi connectivity index (χ0n) is 10.6. The highest BCUT2D eigenvalue weighted by Gasteiger charge is 2.57. The molecule has 0 saturated heterocycles. The molecule has 0 bridgehead atoms. The van der Waals surface area contributed by atoms with Gasteiger partial charge in [-0.05, 0) is 31.2 Å². The van der Waals surface area contributed by atoms with Gasteiger partial charge < -0.3 is 11.1 Å². The highest BCUT2D eigenvalue weighted by atomic mass is 19.1. The Morgan fingerprint density at radius 3 is 2.44 bits per heavy atom. The average Bonchev–Trinajstić information content (AvgIpc) is 3.05. The third kappa shape index (κ3) is 2.29. The highest BCUT2D eigenvalue weighted by molar-refractivity contribution is 5.32. The second-order valence-corrected chi connectivity index (χ2v) is 5.76. The van der Waals surface area contributed by atoms with Crippen LogP contribution in [0.5, 0.6) is 0 Å². The first kappa shape index (κ1) is 12.1. The van der Waals surface area contributed by atoms with E-state index in [1.807, 2.05) is 30.3 Å². The Kier molecular flexibility index (Phi) is 3.12. The lowest BCUT2D eigenvalue weighted by atomic mass is 9.91. The maximum atomic E-state index is 14.6. The second kappa shape index (κ2) is 4.63. The van der Waals surface area contributed by atoms with Gasteiger partial charge in [-0.15, -0.1) is 0 Å². The fraction of sp³-hybridized carbons (Fsp3) is 0.600. The summed E-state index contributed by atoms with van der Waals surface area (Å²) in [6.45, 7) is 0. The van der Waals surface area contributed by atoms with Crippen molar-refractivity contribution in [3.63, 3.8) is 0 Å². The van der Waals surface area contributed by atoms with E-state index in [4.69, 9.17) is 5.73 Å². The Balaban J connectivity index is 1.58. The summed E-state index contributed by atoms with van der Waals surface area (Å²) in [4.78, 5) is 0. The van der Waals surface area contributed by atoms with Crippen molar-refractivity contribution in [2.24, 2.45) is 5.73 Å². The first-order chi connectivity index (χ1) is 8.68. The normalized spacial score (nSPS) is 39.6. The molecular weight excluding hydrogens is 227 g/mol. The molecule has 18 heavy (non-hydrogen) atoms. The molecule has 1 aromatic carbocycles. The van der Waals surface area contributed by atoms with Crippen LogP contribution in [0.2, 0.25) is 0 Å². The van der Waals surface area contributed by atoms with E-state index in [1.54, 1.807) is 0 Å². The lowest BCUT2D eigenvalue weighted by Crippen LogP contribution is -2.40. The maximum absolute atomic E-state index is 14.6. The van der Waals surface area contributed by atoms with Crippen LogP contribution < -0.4 is 11.1 Å². The van der Waals surface area contributed by atoms with Crippen molar-refractivity contribution in [3.8, 4) is 0 Å². The SMILES string of the molecule is NC1CCC(N[C@H]2C[C@]2(F)c2ccccc2)CC1. The first-order valence-corrected chi connectivity index (χ1v) is 6.94. The molecule has 0 radical (unpaired) electrons. The largest absolute Gasteiger partial charge is 0.328 e. The number of nitrogens with two attached hydrogens (primary N) is 1. The Labute approximate surface area is 108 Å². The summed E-state index contributed by atoms with van der Waals surface area (Å²) in [5.41, 5.74) is 5.56. The minimum atomic E-state index is -1.14. The van der Waals surface area contributed by atoms with Gasteiger partial charge in [-0.3, -0.25) is 0 Å². The van der Waals surface area contributed by atoms with Gasteiger partial charge in [-0.1, -0.05) is 30.3 Å². The second-order valence-electron chi connectivity index (χ2n) is 5.76. The monoisotopic (exact) mass is 248 g/mol. The lowest BCUT2D eigenvalue weighted by molar-refractivity contribution is 0.267. The average molecular weight is 248 g/mol. The predicted octanol–water partition coefficient (Wildman–Crippen LogP) is 2.48. The van der Waals surface area contributed by atoms with Gasteiger partial charge in [-0.25, -0.2) is 4.39 Å². The van der Waals surface area contributed by atoms with Gasteiger partial charge in [0.1, 0.15) is 0 Å². The Morgan fingerprint density at radius 2 is 1.78 bits per heavy atom. The van der Waals surface area contributed by atoms with E-state index in [1.165, 1.54) is 0 Å². The Morgan fingerprint density at radius 1 is 1.11 bits per heavy atom. The molecule has 98 valence electrons. The van der Waals surface area contributed by atoms with Crippen LogP contribution in [0.15, 0.2) is 30.3 Å². The highest BCUT2D eigenvalue weighted by Crippen LogP contribution is 2.50. The lowest BCUT2D eigenvalue weighted by Gasteiger charge is -2.27. The molecule has 2 aliphatic rings. The van der Waals surface area contributed by atoms with Crippen molar-refractivity contribution in [1.82, 2.24) is 5.32 Å². The van der Waals surface area contributed by atoms with Gasteiger partial charge in [-0.2, -0.15) is 0 Å². The molecule has 3 N–H and O–H groups in total. The molecule has 2 atom stereocenters. The smallest absolute Gasteiger partial charge is 0.152 e. The van der Waals surface area contributed by atoms with Crippen molar-refractivity contribution < 1.29 is 4.39 Å². The zero-order chi connectivity index (χ0) is 12.6. The minimum absolute atomic E-state index is 0.000718. The van der Waals surface area contributed by atoms with E-state index < -0.39 is 5.67 Å². The van der Waals surface area contributed by atoms with Crippen LogP contribution in [0.25, 0.3) is 0 Å². The number of hydrogen-bond donors (Lipinski definition) is 2. The van der Waals surface area contributed by atoms with Crippen molar-refractivity contribution in [1.29, 1.82) is 0 Å². The molecule has 0 amide bonds. The molecule has 2 nitrogen and oxygen atoms in total. The van der Waals surface area contributed by atoms with Gasteiger partial charge in [0.05, 0.1) is 0 Å². The number of halogens is 1. The van der Waals surface area contributed by atoms with Crippen LogP contribution in [0.1, 0.15) is 37.7 Å². The van der Waals surface area contributed by atoms with Crippen LogP contribution in [0, 0.1) is 0 Å². The summed E-state index contributed by atoms with van der Waals surface area (Å²) >= 11 is 0. The molecule has 0 spiro atoms. The van der Waals surface area contributed by atoms with Crippen molar-refractivity contribution in [2.75, 3.05) is 0 Å². The Hall–Kier alpha value is -0.930. The van der Waals surface area contributed by atoms with Crippen molar-refractivity contribution >= 4 is 0 Å². The van der Waals surface area contributed by atoms with Crippen molar-refractivity contribution in [2.45, 2.75) is 55.9 Å². The van der Waals surface area contributed by atoms with E-state index in [0.717, 1.165) is 31.2 Å². The summed E-state index contributed by atoms with van der Waals surface area (Å²) in [7, 11) is 0. The standard InChI is InChI=1S/C15H21FN2/c16-15(11-4-2-1-3-5-11)10-14(15)18-13-8-6-12(17)7-9-13/h1-5,12-14,18H,6-10,17H2/t12?,13?,14-,15-/m0/s1. The summed E-state index contributed by atoms with van der Waals surface area (Å²) in [5, 5.41) is 3.47. The van der Waals surface area contributed by atoms with E-state index >= 15 is 0 Å². The van der Waals surface area contributed by atoms with E-state index in [0.29, 0.717) is 18.5 Å². The van der Waals surface area contributed by atoms with E-state index in [2.05, 4.69) is 5.32 Å². The summed E-state index contributed by atoms with van der Waals surface area (Å²) < 4.78 is 14.6. The zero-order valence-corrected chi connectivity index (χ0v) is 10.6. The topological polar surface area (TPSA) is 38.0 Å². The van der Waals surface area contributed by atoms with Gasteiger partial charge in [0, 0.05) is 24.5 Å². The number of benzene rings is 1. The number of alkyl halides is 1. The minimum Gasteiger partial charge on any atom is -0.328 e. The number of nitrogens with one attached hydrogen (secondary N) is 1. The summed E-state index contributed by atoms with van der Waals surface area (Å²) in [5.74, 6) is 0. The van der Waals surface area contributed by atoms with Gasteiger partial charge in [0.15, 0.2) is 5.67 Å². The predicted molar refractivity (Wildman–Crippen MR) is 71.0 cm³/mol. The van der Waals surface area contributed by atoms with Crippen LogP contribution in [0.4, 0.5) is 4.39 Å². The quantitative estimate of drug-likeness (QED) is 0.862. The molecule has 2 fully saturated rings. The summed E-state index contributed by atoms with van der Waals surface area (Å²) in [6.07, 6.45) is 4.91. The number of hydrogen-bond acceptors (Lipinski definition) is 2. The molecule has 1 aromatic rings. The van der Waals surface area contributed by atoms with Crippen LogP contribution in [-0.2, 0) is 5.67 Å². The van der Waals surface area contributed by atoms with Gasteiger partial charge in [0.2, 0.25) is 0 Å². The van der Waals surface area contributed by atoms with Crippen LogP contribution in [0.3, 0.4) is 0 Å². The van der Waals surface area contributed by atoms with Gasteiger partial charge in [0.25, 0.3) is 0 Å². The molecular formula is C15H21FN2. The fourth-order valence-corrected chi connectivity index (χ4v) is 3.03. The van der Waals surface area contributed by atoms with E-state index in [-0.39, 0.29) is 6.04 Å². The molecule has 3 rings (SSSR count). The third-order valence-corrected chi connectivity index (χ3v) is 4.36. The first-order valence-electron chi connectivity index (χ1n) is 6.94. The molecule has 0 unspecified atom stereocenters. The van der Waals surface area contributed by atoms with Crippen LogP contribution >= 0.6 is 0 Å². The third-order valence-electron chi connectivity index (χ3n) is 4.36. The molecule has 0 aliphatic heterocycles. The molecule has 0 heterocycles. The summed E-state index contributed by atoms with van der Waals surface area (Å²) in [6, 6.07) is 10.3. The maximum Gasteiger partial charge on any atom is 0.152 e. The Bertz CT molecular complexity index is 400. The molecule has 0 aromatic heterocycles. The fourth-order valence-electron chi connectivity index (χ4n) is 3.03. The van der Waals surface area contributed by atoms with Crippen molar-refractivity contribution in [3.05, 3.63) is 35.9 Å². The van der Waals surface area contributed by atoms with Crippen LogP contribution in [-0.4, -0.2) is 18.1 Å². The molecule has 2 saturated carbocycles. The van der Waals surface area contributed by atoms with E-state index in [9.17, 15) is 4.39 Å². The number of rotatable bonds is 3. The van der Waals surface area contributed by atoms with Gasteiger partial charge >= 0.3 is 0 Å². The molecule has 3 heteroatoms. The molecule has 2 aliphatic carbocycles.